The van der Waals surface area contributed by atoms with Crippen LogP contribution in [0, 0.1) is 0 Å². The molecule has 1 aliphatic rings. The first-order valence-electron chi connectivity index (χ1n) is 11.5. The van der Waals surface area contributed by atoms with Gasteiger partial charge in [0.2, 0.25) is 5.95 Å². The Morgan fingerprint density at radius 2 is 1.97 bits per heavy atom. The Hall–Kier alpha value is -3.76. The molecule has 0 fully saturated rings. The van der Waals surface area contributed by atoms with Gasteiger partial charge in [0.15, 0.2) is 11.5 Å². The lowest BCUT2D eigenvalue weighted by molar-refractivity contribution is 0.0995. The van der Waals surface area contributed by atoms with Gasteiger partial charge in [0.05, 0.1) is 19.4 Å². The fourth-order valence-electron chi connectivity index (χ4n) is 4.11. The number of aromatic nitrogens is 3. The summed E-state index contributed by atoms with van der Waals surface area (Å²) in [6, 6.07) is 12.2. The predicted molar refractivity (Wildman–Crippen MR) is 134 cm³/mol. The van der Waals surface area contributed by atoms with Crippen LogP contribution in [0.5, 0.6) is 5.75 Å². The summed E-state index contributed by atoms with van der Waals surface area (Å²) in [4.78, 5) is 18.9. The highest BCUT2D eigenvalue weighted by atomic mass is 16.5. The topological polar surface area (TPSA) is 128 Å². The highest BCUT2D eigenvalue weighted by molar-refractivity contribution is 5.96. The minimum absolute atomic E-state index is 0.0577. The molecular formula is C25H31N7O3. The maximum atomic E-state index is 12.0. The maximum absolute atomic E-state index is 12.0. The van der Waals surface area contributed by atoms with E-state index in [1.165, 1.54) is 11.1 Å². The smallest absolute Gasteiger partial charge is 0.273 e. The molecule has 2 heterocycles. The van der Waals surface area contributed by atoms with Crippen LogP contribution >= 0.6 is 0 Å². The maximum Gasteiger partial charge on any atom is 0.273 e. The molecule has 10 nitrogen and oxygen atoms in total. The second-order valence-corrected chi connectivity index (χ2v) is 8.72. The minimum Gasteiger partial charge on any atom is -0.495 e. The number of methoxy groups -OCH3 is 2. The Bertz CT molecular complexity index is 1220. The molecule has 1 aliphatic heterocycles. The number of benzene rings is 2. The summed E-state index contributed by atoms with van der Waals surface area (Å²) in [5.74, 6) is 0.367. The van der Waals surface area contributed by atoms with Crippen molar-refractivity contribution in [1.29, 1.82) is 0 Å². The standard InChI is InChI=1S/C25H31N7O3/c1-15(2)32-9-8-17-12-21(35-4)20(11-18(17)13-32)28-25-29-24(22(23(26)33)30-31-25)27-19-7-5-6-16(10-19)14-34-3/h5-7,10-12,15H,8-9,13-14H2,1-4H3,(H2,26,33)(H2,27,28,29,31). The minimum atomic E-state index is -0.729. The molecule has 0 unspecified atom stereocenters. The number of nitrogens with zero attached hydrogens (tertiary/aromatic N) is 4. The average molecular weight is 478 g/mol. The lowest BCUT2D eigenvalue weighted by Gasteiger charge is -2.32. The molecule has 35 heavy (non-hydrogen) atoms. The predicted octanol–water partition coefficient (Wildman–Crippen LogP) is 3.38. The number of nitrogens with two attached hydrogens (primary N) is 1. The third-order valence-electron chi connectivity index (χ3n) is 5.96. The molecule has 4 rings (SSSR count). The molecule has 2 aromatic carbocycles. The molecule has 0 bridgehead atoms. The molecule has 0 saturated heterocycles. The Balaban J connectivity index is 1.64. The van der Waals surface area contributed by atoms with E-state index < -0.39 is 5.91 Å². The zero-order valence-corrected chi connectivity index (χ0v) is 20.5. The lowest BCUT2D eigenvalue weighted by atomic mass is 9.97. The first kappa shape index (κ1) is 24.4. The van der Waals surface area contributed by atoms with Crippen molar-refractivity contribution >= 4 is 29.0 Å². The summed E-state index contributed by atoms with van der Waals surface area (Å²) in [6.45, 7) is 6.73. The van der Waals surface area contributed by atoms with Crippen molar-refractivity contribution in [3.05, 3.63) is 58.8 Å². The average Bonchev–Trinajstić information content (AvgIpc) is 2.83. The van der Waals surface area contributed by atoms with Crippen LogP contribution in [-0.2, 0) is 24.3 Å². The van der Waals surface area contributed by atoms with E-state index in [0.717, 1.165) is 30.8 Å². The molecule has 0 saturated carbocycles. The Morgan fingerprint density at radius 1 is 1.14 bits per heavy atom. The quantitative estimate of drug-likeness (QED) is 0.425. The molecule has 1 amide bonds. The van der Waals surface area contributed by atoms with Gasteiger partial charge < -0.3 is 25.8 Å². The van der Waals surface area contributed by atoms with Gasteiger partial charge in [-0.3, -0.25) is 9.69 Å². The van der Waals surface area contributed by atoms with Crippen LogP contribution in [0.3, 0.4) is 0 Å². The van der Waals surface area contributed by atoms with E-state index in [-0.39, 0.29) is 17.5 Å². The summed E-state index contributed by atoms with van der Waals surface area (Å²) in [5.41, 5.74) is 10.4. The molecule has 0 atom stereocenters. The molecule has 1 aromatic heterocycles. The van der Waals surface area contributed by atoms with Crippen LogP contribution in [0.4, 0.5) is 23.1 Å². The van der Waals surface area contributed by atoms with Gasteiger partial charge in [-0.15, -0.1) is 10.2 Å². The van der Waals surface area contributed by atoms with Crippen molar-refractivity contribution in [3.8, 4) is 5.75 Å². The summed E-state index contributed by atoms with van der Waals surface area (Å²) < 4.78 is 10.8. The third kappa shape index (κ3) is 5.67. The van der Waals surface area contributed by atoms with Crippen molar-refractivity contribution in [2.45, 2.75) is 39.5 Å². The number of rotatable bonds is 9. The number of anilines is 4. The van der Waals surface area contributed by atoms with Gasteiger partial charge in [0.25, 0.3) is 5.91 Å². The summed E-state index contributed by atoms with van der Waals surface area (Å²) in [7, 11) is 3.26. The number of ether oxygens (including phenoxy) is 2. The molecule has 10 heteroatoms. The van der Waals surface area contributed by atoms with E-state index in [1.54, 1.807) is 14.2 Å². The lowest BCUT2D eigenvalue weighted by Crippen LogP contribution is -2.35. The van der Waals surface area contributed by atoms with E-state index in [0.29, 0.717) is 24.1 Å². The highest BCUT2D eigenvalue weighted by Crippen LogP contribution is 2.33. The second-order valence-electron chi connectivity index (χ2n) is 8.72. The number of amides is 1. The van der Waals surface area contributed by atoms with Gasteiger partial charge >= 0.3 is 0 Å². The van der Waals surface area contributed by atoms with Crippen molar-refractivity contribution in [2.75, 3.05) is 31.4 Å². The molecule has 184 valence electrons. The van der Waals surface area contributed by atoms with Crippen LogP contribution in [0.1, 0.15) is 41.0 Å². The molecule has 0 aliphatic carbocycles. The summed E-state index contributed by atoms with van der Waals surface area (Å²) >= 11 is 0. The fraction of sp³-hybridized carbons (Fsp3) is 0.360. The largest absolute Gasteiger partial charge is 0.495 e. The molecule has 0 radical (unpaired) electrons. The van der Waals surface area contributed by atoms with Crippen LogP contribution < -0.4 is 21.1 Å². The Morgan fingerprint density at radius 3 is 2.69 bits per heavy atom. The Kier molecular flexibility index (Phi) is 7.42. The van der Waals surface area contributed by atoms with Crippen LogP contribution in [-0.4, -0.2) is 52.8 Å². The number of primary amides is 1. The van der Waals surface area contributed by atoms with E-state index >= 15 is 0 Å². The van der Waals surface area contributed by atoms with E-state index in [4.69, 9.17) is 15.2 Å². The molecular weight excluding hydrogens is 446 g/mol. The number of fused-ring (bicyclic) bond motifs is 1. The van der Waals surface area contributed by atoms with Crippen molar-refractivity contribution < 1.29 is 14.3 Å². The fourth-order valence-corrected chi connectivity index (χ4v) is 4.11. The monoisotopic (exact) mass is 477 g/mol. The van der Waals surface area contributed by atoms with E-state index in [2.05, 4.69) is 56.7 Å². The Labute approximate surface area is 204 Å². The number of hydrogen-bond acceptors (Lipinski definition) is 9. The van der Waals surface area contributed by atoms with Crippen LogP contribution in [0.2, 0.25) is 0 Å². The number of nitrogens with one attached hydrogen (secondary N) is 2. The third-order valence-corrected chi connectivity index (χ3v) is 5.96. The van der Waals surface area contributed by atoms with Crippen molar-refractivity contribution in [3.63, 3.8) is 0 Å². The van der Waals surface area contributed by atoms with Gasteiger partial charge in [-0.25, -0.2) is 0 Å². The van der Waals surface area contributed by atoms with Gasteiger partial charge in [-0.1, -0.05) is 12.1 Å². The first-order chi connectivity index (χ1) is 16.9. The van der Waals surface area contributed by atoms with Crippen LogP contribution in [0.25, 0.3) is 0 Å². The van der Waals surface area contributed by atoms with Gasteiger partial charge in [-0.05, 0) is 61.2 Å². The highest BCUT2D eigenvalue weighted by Gasteiger charge is 2.22. The second kappa shape index (κ2) is 10.7. The van der Waals surface area contributed by atoms with Crippen molar-refractivity contribution in [1.82, 2.24) is 20.1 Å². The van der Waals surface area contributed by atoms with Gasteiger partial charge in [-0.2, -0.15) is 4.98 Å². The van der Waals surface area contributed by atoms with E-state index in [9.17, 15) is 4.79 Å². The molecule has 3 aromatic rings. The summed E-state index contributed by atoms with van der Waals surface area (Å²) in [6.07, 6.45) is 0.964. The van der Waals surface area contributed by atoms with E-state index in [1.807, 2.05) is 24.3 Å². The summed E-state index contributed by atoms with van der Waals surface area (Å²) in [5, 5.41) is 14.4. The zero-order chi connectivity index (χ0) is 24.9. The van der Waals surface area contributed by atoms with Crippen LogP contribution in [0.15, 0.2) is 36.4 Å². The van der Waals surface area contributed by atoms with Gasteiger partial charge in [0.1, 0.15) is 5.75 Å². The SMILES string of the molecule is COCc1cccc(Nc2nc(Nc3cc4c(cc3OC)CCN(C(C)C)C4)nnc2C(N)=O)c1. The number of carbonyl (C=O) groups excluding carboxylic acids is 1. The molecule has 0 spiro atoms. The first-order valence-corrected chi connectivity index (χ1v) is 11.5. The number of hydrogen-bond donors (Lipinski definition) is 3. The molecule has 4 N–H and O–H groups in total. The van der Waals surface area contributed by atoms with Gasteiger partial charge in [0, 0.05) is 31.9 Å². The number of carbonyl (C=O) groups is 1. The zero-order valence-electron chi connectivity index (χ0n) is 20.5. The normalized spacial score (nSPS) is 13.4. The van der Waals surface area contributed by atoms with Crippen molar-refractivity contribution in [2.24, 2.45) is 5.73 Å².